The number of aromatic nitrogens is 4. The van der Waals surface area contributed by atoms with E-state index in [1.807, 2.05) is 26.8 Å². The second kappa shape index (κ2) is 8.37. The van der Waals surface area contributed by atoms with Gasteiger partial charge in [0.1, 0.15) is 5.56 Å². The van der Waals surface area contributed by atoms with E-state index in [1.54, 1.807) is 40.2 Å². The summed E-state index contributed by atoms with van der Waals surface area (Å²) in [7, 11) is 0. The summed E-state index contributed by atoms with van der Waals surface area (Å²) >= 11 is 0. The van der Waals surface area contributed by atoms with Crippen molar-refractivity contribution in [3.05, 3.63) is 36.3 Å². The van der Waals surface area contributed by atoms with E-state index in [1.165, 1.54) is 0 Å². The molecule has 4 fully saturated rings. The average molecular weight is 467 g/mol. The molecule has 4 aliphatic carbocycles. The van der Waals surface area contributed by atoms with Gasteiger partial charge in [-0.15, -0.1) is 0 Å². The zero-order valence-electron chi connectivity index (χ0n) is 20.1. The highest BCUT2D eigenvalue weighted by Gasteiger charge is 2.55. The van der Waals surface area contributed by atoms with Gasteiger partial charge in [0, 0.05) is 31.1 Å². The number of nitrogens with one attached hydrogen (secondary N) is 2. The lowest BCUT2D eigenvalue weighted by molar-refractivity contribution is -0.136. The Bertz CT molecular complexity index is 1090. The highest BCUT2D eigenvalue weighted by Crippen LogP contribution is 2.55. The molecule has 2 atom stereocenters. The monoisotopic (exact) mass is 466 g/mol. The number of rotatable bonds is 7. The molecule has 4 bridgehead atoms. The standard InChI is InChI=1S/C25H34N6O3/c1-4-20(32)29-24(2,3)6-9-31-23(30-8-5-7-26-30)19(15-27-31)22(33)28-21-17-10-16-11-18(21)14-25(34,12-16)13-17/h5-9,15-18,21,34H,4,10-14H2,1-3H3,(H,28,33)(H,29,32)/b9-6+. The van der Waals surface area contributed by atoms with Crippen LogP contribution in [0.5, 0.6) is 0 Å². The molecule has 9 nitrogen and oxygen atoms in total. The lowest BCUT2D eigenvalue weighted by atomic mass is 9.52. The molecule has 4 saturated carbocycles. The van der Waals surface area contributed by atoms with E-state index >= 15 is 0 Å². The van der Waals surface area contributed by atoms with Crippen molar-refractivity contribution in [2.45, 2.75) is 76.5 Å². The van der Waals surface area contributed by atoms with Crippen LogP contribution in [-0.4, -0.2) is 53.7 Å². The Balaban J connectivity index is 1.39. The Morgan fingerprint density at radius 1 is 1.24 bits per heavy atom. The van der Waals surface area contributed by atoms with Crippen molar-refractivity contribution in [1.82, 2.24) is 30.2 Å². The summed E-state index contributed by atoms with van der Waals surface area (Å²) in [6.45, 7) is 5.62. The van der Waals surface area contributed by atoms with Gasteiger partial charge in [-0.25, -0.2) is 9.36 Å². The molecule has 34 heavy (non-hydrogen) atoms. The maximum Gasteiger partial charge on any atom is 0.257 e. The molecule has 6 rings (SSSR count). The van der Waals surface area contributed by atoms with Crippen molar-refractivity contribution in [3.8, 4) is 5.82 Å². The minimum atomic E-state index is -0.580. The van der Waals surface area contributed by atoms with E-state index in [2.05, 4.69) is 20.8 Å². The van der Waals surface area contributed by atoms with E-state index < -0.39 is 11.1 Å². The zero-order valence-corrected chi connectivity index (χ0v) is 20.1. The molecule has 0 saturated heterocycles. The van der Waals surface area contributed by atoms with Crippen LogP contribution < -0.4 is 10.6 Å². The number of amides is 2. The third-order valence-corrected chi connectivity index (χ3v) is 7.69. The first-order valence-electron chi connectivity index (χ1n) is 12.3. The quantitative estimate of drug-likeness (QED) is 0.580. The van der Waals surface area contributed by atoms with Gasteiger partial charge in [0.05, 0.1) is 17.3 Å². The molecule has 2 amide bonds. The smallest absolute Gasteiger partial charge is 0.257 e. The molecular weight excluding hydrogens is 432 g/mol. The number of hydrogen-bond donors (Lipinski definition) is 3. The lowest BCUT2D eigenvalue weighted by Gasteiger charge is -2.58. The lowest BCUT2D eigenvalue weighted by Crippen LogP contribution is -2.61. The molecule has 182 valence electrons. The highest BCUT2D eigenvalue weighted by molar-refractivity contribution is 5.97. The Labute approximate surface area is 199 Å². The molecule has 2 unspecified atom stereocenters. The fraction of sp³-hybridized carbons (Fsp3) is 0.600. The zero-order chi connectivity index (χ0) is 24.1. The molecule has 2 heterocycles. The third-order valence-electron chi connectivity index (χ3n) is 7.69. The number of aliphatic hydroxyl groups is 1. The van der Waals surface area contributed by atoms with Gasteiger partial charge in [0.15, 0.2) is 5.82 Å². The summed E-state index contributed by atoms with van der Waals surface area (Å²) in [5, 5.41) is 25.9. The second-order valence-electron chi connectivity index (χ2n) is 10.9. The van der Waals surface area contributed by atoms with Gasteiger partial charge in [0.2, 0.25) is 5.91 Å². The third kappa shape index (κ3) is 4.29. The first-order valence-corrected chi connectivity index (χ1v) is 12.3. The predicted molar refractivity (Wildman–Crippen MR) is 127 cm³/mol. The van der Waals surface area contributed by atoms with Crippen molar-refractivity contribution < 1.29 is 14.7 Å². The minimum Gasteiger partial charge on any atom is -0.390 e. The fourth-order valence-corrected chi connectivity index (χ4v) is 6.44. The maximum absolute atomic E-state index is 13.5. The Morgan fingerprint density at radius 2 is 1.97 bits per heavy atom. The van der Waals surface area contributed by atoms with Crippen molar-refractivity contribution in [2.24, 2.45) is 17.8 Å². The molecular formula is C25H34N6O3. The van der Waals surface area contributed by atoms with Crippen molar-refractivity contribution >= 4 is 18.0 Å². The summed E-state index contributed by atoms with van der Waals surface area (Å²) in [5.74, 6) is 1.56. The maximum atomic E-state index is 13.5. The van der Waals surface area contributed by atoms with E-state index in [0.29, 0.717) is 35.6 Å². The molecule has 3 N–H and O–H groups in total. The number of carbonyl (C=O) groups excluding carboxylic acids is 2. The van der Waals surface area contributed by atoms with E-state index in [-0.39, 0.29) is 17.9 Å². The Kier molecular flexibility index (Phi) is 5.62. The van der Waals surface area contributed by atoms with Crippen molar-refractivity contribution in [1.29, 1.82) is 0 Å². The largest absolute Gasteiger partial charge is 0.390 e. The number of hydrogen-bond acceptors (Lipinski definition) is 5. The summed E-state index contributed by atoms with van der Waals surface area (Å²) in [5.41, 5.74) is -0.673. The Morgan fingerprint density at radius 3 is 2.59 bits per heavy atom. The van der Waals surface area contributed by atoms with Gasteiger partial charge in [-0.1, -0.05) is 6.92 Å². The highest BCUT2D eigenvalue weighted by atomic mass is 16.3. The fourth-order valence-electron chi connectivity index (χ4n) is 6.44. The summed E-state index contributed by atoms with van der Waals surface area (Å²) < 4.78 is 3.24. The van der Waals surface area contributed by atoms with Crippen LogP contribution in [0.1, 0.15) is 69.7 Å². The number of carbonyl (C=O) groups is 2. The van der Waals surface area contributed by atoms with Gasteiger partial charge in [0.25, 0.3) is 5.91 Å². The van der Waals surface area contributed by atoms with Crippen LogP contribution in [0, 0.1) is 17.8 Å². The SMILES string of the molecule is CCC(=O)NC(C)(C)/C=C/n1ncc(C(=O)NC2C3CC4CC2CC(O)(C4)C3)c1-n1cccn1. The van der Waals surface area contributed by atoms with Crippen LogP contribution in [0.4, 0.5) is 0 Å². The second-order valence-corrected chi connectivity index (χ2v) is 10.9. The molecule has 2 aromatic rings. The van der Waals surface area contributed by atoms with Gasteiger partial charge in [-0.05, 0) is 75.8 Å². The molecule has 0 aromatic carbocycles. The van der Waals surface area contributed by atoms with Crippen LogP contribution in [0.3, 0.4) is 0 Å². The van der Waals surface area contributed by atoms with E-state index in [0.717, 1.165) is 32.1 Å². The van der Waals surface area contributed by atoms with Crippen molar-refractivity contribution in [3.63, 3.8) is 0 Å². The van der Waals surface area contributed by atoms with Crippen LogP contribution >= 0.6 is 0 Å². The van der Waals surface area contributed by atoms with E-state index in [9.17, 15) is 14.7 Å². The average Bonchev–Trinajstić information content (AvgIpc) is 3.42. The normalized spacial score (nSPS) is 30.1. The van der Waals surface area contributed by atoms with Gasteiger partial charge in [-0.2, -0.15) is 10.2 Å². The minimum absolute atomic E-state index is 0.0391. The molecule has 2 aromatic heterocycles. The van der Waals surface area contributed by atoms with Crippen LogP contribution in [-0.2, 0) is 4.79 Å². The molecule has 9 heteroatoms. The summed E-state index contributed by atoms with van der Waals surface area (Å²) in [6.07, 6.45) is 13.6. The predicted octanol–water partition coefficient (Wildman–Crippen LogP) is 2.51. The summed E-state index contributed by atoms with van der Waals surface area (Å²) in [4.78, 5) is 25.3. The van der Waals surface area contributed by atoms with Crippen LogP contribution in [0.25, 0.3) is 12.0 Å². The Hall–Kier alpha value is -2.94. The van der Waals surface area contributed by atoms with E-state index in [4.69, 9.17) is 0 Å². The van der Waals surface area contributed by atoms with Gasteiger partial charge >= 0.3 is 0 Å². The molecule has 0 spiro atoms. The van der Waals surface area contributed by atoms with Crippen molar-refractivity contribution in [2.75, 3.05) is 0 Å². The van der Waals surface area contributed by atoms with Gasteiger partial charge < -0.3 is 15.7 Å². The van der Waals surface area contributed by atoms with Gasteiger partial charge in [-0.3, -0.25) is 9.59 Å². The number of nitrogens with zero attached hydrogens (tertiary/aromatic N) is 4. The first-order chi connectivity index (χ1) is 16.2. The molecule has 0 radical (unpaired) electrons. The summed E-state index contributed by atoms with van der Waals surface area (Å²) in [6, 6.07) is 1.88. The topological polar surface area (TPSA) is 114 Å². The molecule has 4 aliphatic rings. The first kappa shape index (κ1) is 22.8. The van der Waals surface area contributed by atoms with Crippen LogP contribution in [0.2, 0.25) is 0 Å². The molecule has 0 aliphatic heterocycles. The van der Waals surface area contributed by atoms with Crippen LogP contribution in [0.15, 0.2) is 30.7 Å².